The van der Waals surface area contributed by atoms with Gasteiger partial charge in [0.05, 0.1) is 23.5 Å². The summed E-state index contributed by atoms with van der Waals surface area (Å²) in [4.78, 5) is 26.4. The van der Waals surface area contributed by atoms with E-state index in [4.69, 9.17) is 0 Å². The van der Waals surface area contributed by atoms with E-state index in [1.165, 1.54) is 0 Å². The number of aromatic nitrogens is 5. The van der Waals surface area contributed by atoms with E-state index in [0.717, 1.165) is 37.3 Å². The van der Waals surface area contributed by atoms with Crippen molar-refractivity contribution in [1.82, 2.24) is 29.6 Å². The summed E-state index contributed by atoms with van der Waals surface area (Å²) in [5.41, 5.74) is 0.671. The summed E-state index contributed by atoms with van der Waals surface area (Å²) in [6.45, 7) is 3.91. The van der Waals surface area contributed by atoms with Gasteiger partial charge in [-0.2, -0.15) is 5.10 Å². The van der Waals surface area contributed by atoms with E-state index in [-0.39, 0.29) is 11.6 Å². The van der Waals surface area contributed by atoms with Crippen molar-refractivity contribution in [3.8, 4) is 0 Å². The summed E-state index contributed by atoms with van der Waals surface area (Å²) in [5.74, 6) is 0.726. The number of hydrogen-bond donors (Lipinski definition) is 1. The Labute approximate surface area is 139 Å². The smallest absolute Gasteiger partial charge is 0.258 e. The highest BCUT2D eigenvalue weighted by atomic mass is 16.1. The van der Waals surface area contributed by atoms with Gasteiger partial charge in [-0.25, -0.2) is 9.97 Å². The number of H-pyrrole nitrogens is 1. The predicted octanol–water partition coefficient (Wildman–Crippen LogP) is 1.74. The maximum Gasteiger partial charge on any atom is 0.258 e. The second-order valence-electron chi connectivity index (χ2n) is 6.30. The van der Waals surface area contributed by atoms with Crippen LogP contribution in [0.15, 0.2) is 41.7 Å². The number of hydrogen-bond acceptors (Lipinski definition) is 5. The van der Waals surface area contributed by atoms with E-state index in [1.807, 2.05) is 22.9 Å². The monoisotopic (exact) mass is 324 g/mol. The van der Waals surface area contributed by atoms with E-state index >= 15 is 0 Å². The first-order valence-corrected chi connectivity index (χ1v) is 8.29. The summed E-state index contributed by atoms with van der Waals surface area (Å²) >= 11 is 0. The summed E-state index contributed by atoms with van der Waals surface area (Å²) in [7, 11) is 0. The van der Waals surface area contributed by atoms with Crippen LogP contribution in [0.1, 0.15) is 31.6 Å². The highest BCUT2D eigenvalue weighted by Gasteiger charge is 2.31. The Bertz CT molecular complexity index is 887. The summed E-state index contributed by atoms with van der Waals surface area (Å²) < 4.78 is 1.87. The Morgan fingerprint density at radius 1 is 1.38 bits per heavy atom. The minimum absolute atomic E-state index is 0.0540. The van der Waals surface area contributed by atoms with Crippen molar-refractivity contribution in [2.75, 3.05) is 6.54 Å². The van der Waals surface area contributed by atoms with Crippen molar-refractivity contribution in [3.63, 3.8) is 0 Å². The molecule has 2 atom stereocenters. The first-order valence-electron chi connectivity index (χ1n) is 8.29. The van der Waals surface area contributed by atoms with Crippen molar-refractivity contribution >= 4 is 10.9 Å². The minimum Gasteiger partial charge on any atom is -0.309 e. The number of benzene rings is 1. The largest absolute Gasteiger partial charge is 0.309 e. The van der Waals surface area contributed by atoms with Gasteiger partial charge in [-0.15, -0.1) is 0 Å². The predicted molar refractivity (Wildman–Crippen MR) is 90.5 cm³/mol. The van der Waals surface area contributed by atoms with Crippen molar-refractivity contribution in [3.05, 3.63) is 53.1 Å². The first-order chi connectivity index (χ1) is 11.7. The van der Waals surface area contributed by atoms with Gasteiger partial charge in [-0.1, -0.05) is 12.1 Å². The lowest BCUT2D eigenvalue weighted by atomic mass is 10.1. The number of aromatic amines is 1. The molecule has 0 saturated carbocycles. The molecule has 7 heteroatoms. The number of nitrogens with zero attached hydrogens (tertiary/aromatic N) is 5. The molecule has 1 aliphatic rings. The molecule has 24 heavy (non-hydrogen) atoms. The average molecular weight is 324 g/mol. The van der Waals surface area contributed by atoms with Crippen LogP contribution in [-0.4, -0.2) is 42.2 Å². The van der Waals surface area contributed by atoms with Crippen LogP contribution in [0.2, 0.25) is 0 Å². The molecule has 0 spiro atoms. The molecule has 1 N–H and O–H groups in total. The molecule has 7 nitrogen and oxygen atoms in total. The lowest BCUT2D eigenvalue weighted by Crippen LogP contribution is -2.36. The van der Waals surface area contributed by atoms with Crippen LogP contribution in [-0.2, 0) is 6.54 Å². The maximum absolute atomic E-state index is 12.3. The van der Waals surface area contributed by atoms with Crippen LogP contribution >= 0.6 is 0 Å². The average Bonchev–Trinajstić information content (AvgIpc) is 3.26. The molecule has 0 aliphatic carbocycles. The molecule has 1 fully saturated rings. The van der Waals surface area contributed by atoms with E-state index in [2.05, 4.69) is 31.9 Å². The lowest BCUT2D eigenvalue weighted by molar-refractivity contribution is 0.167. The van der Waals surface area contributed by atoms with Crippen molar-refractivity contribution in [1.29, 1.82) is 0 Å². The van der Waals surface area contributed by atoms with Crippen LogP contribution in [0.4, 0.5) is 0 Å². The van der Waals surface area contributed by atoms with Gasteiger partial charge >= 0.3 is 0 Å². The fourth-order valence-corrected chi connectivity index (χ4v) is 3.57. The third kappa shape index (κ3) is 2.71. The van der Waals surface area contributed by atoms with Gasteiger partial charge in [0.25, 0.3) is 5.56 Å². The Hall–Kier alpha value is -2.54. The zero-order valence-corrected chi connectivity index (χ0v) is 13.6. The van der Waals surface area contributed by atoms with Gasteiger partial charge in [0.1, 0.15) is 18.5 Å². The SMILES string of the molecule is CC(c1nc2ccccc2c(=O)[nH]1)N1CCCC1Cn1cncn1. The van der Waals surface area contributed by atoms with Gasteiger partial charge in [0.15, 0.2) is 0 Å². The zero-order chi connectivity index (χ0) is 16.5. The van der Waals surface area contributed by atoms with E-state index < -0.39 is 0 Å². The molecule has 4 rings (SSSR count). The van der Waals surface area contributed by atoms with E-state index in [9.17, 15) is 4.79 Å². The zero-order valence-electron chi connectivity index (χ0n) is 13.6. The Kier molecular flexibility index (Phi) is 3.86. The number of rotatable bonds is 4. The van der Waals surface area contributed by atoms with Gasteiger partial charge in [0.2, 0.25) is 0 Å². The Morgan fingerprint density at radius 3 is 3.08 bits per heavy atom. The van der Waals surface area contributed by atoms with Crippen LogP contribution in [0, 0.1) is 0 Å². The molecule has 1 aromatic carbocycles. The number of para-hydroxylation sites is 1. The molecular formula is C17H20N6O. The third-order valence-corrected chi connectivity index (χ3v) is 4.81. The van der Waals surface area contributed by atoms with Gasteiger partial charge in [0, 0.05) is 6.04 Å². The fourth-order valence-electron chi connectivity index (χ4n) is 3.57. The third-order valence-electron chi connectivity index (χ3n) is 4.81. The van der Waals surface area contributed by atoms with Crippen LogP contribution in [0.25, 0.3) is 10.9 Å². The van der Waals surface area contributed by atoms with Gasteiger partial charge in [-0.05, 0) is 38.4 Å². The highest BCUT2D eigenvalue weighted by Crippen LogP contribution is 2.28. The summed E-state index contributed by atoms with van der Waals surface area (Å²) in [5, 5.41) is 4.84. The Morgan fingerprint density at radius 2 is 2.25 bits per heavy atom. The standard InChI is InChI=1S/C17H20N6O/c1-12(16-20-15-7-3-2-6-14(15)17(24)21-16)23-8-4-5-13(23)9-22-11-18-10-19-22/h2-3,6-7,10-13H,4-5,8-9H2,1H3,(H,20,21,24). The molecular weight excluding hydrogens is 304 g/mol. The van der Waals surface area contributed by atoms with Crippen LogP contribution < -0.4 is 5.56 Å². The van der Waals surface area contributed by atoms with Crippen LogP contribution in [0.3, 0.4) is 0 Å². The molecule has 0 amide bonds. The van der Waals surface area contributed by atoms with Gasteiger partial charge < -0.3 is 4.98 Å². The second kappa shape index (κ2) is 6.16. The molecule has 3 aromatic rings. The second-order valence-corrected chi connectivity index (χ2v) is 6.30. The first kappa shape index (κ1) is 15.0. The van der Waals surface area contributed by atoms with Crippen molar-refractivity contribution in [2.24, 2.45) is 0 Å². The topological polar surface area (TPSA) is 79.7 Å². The molecule has 1 aliphatic heterocycles. The fraction of sp³-hybridized carbons (Fsp3) is 0.412. The maximum atomic E-state index is 12.3. The van der Waals surface area contributed by atoms with Crippen molar-refractivity contribution < 1.29 is 0 Å². The Balaban J connectivity index is 1.62. The molecule has 2 aromatic heterocycles. The number of likely N-dealkylation sites (tertiary alicyclic amines) is 1. The summed E-state index contributed by atoms with van der Waals surface area (Å²) in [6.07, 6.45) is 5.56. The molecule has 124 valence electrons. The number of nitrogens with one attached hydrogen (secondary N) is 1. The van der Waals surface area contributed by atoms with Crippen molar-refractivity contribution in [2.45, 2.75) is 38.4 Å². The molecule has 0 radical (unpaired) electrons. The molecule has 2 unspecified atom stereocenters. The van der Waals surface area contributed by atoms with Gasteiger partial charge in [-0.3, -0.25) is 14.4 Å². The molecule has 0 bridgehead atoms. The normalized spacial score (nSPS) is 19.8. The molecule has 1 saturated heterocycles. The van der Waals surface area contributed by atoms with Crippen LogP contribution in [0.5, 0.6) is 0 Å². The minimum atomic E-state index is -0.0746. The highest BCUT2D eigenvalue weighted by molar-refractivity contribution is 5.77. The molecule has 3 heterocycles. The number of fused-ring (bicyclic) bond motifs is 1. The van der Waals surface area contributed by atoms with E-state index in [0.29, 0.717) is 11.4 Å². The lowest BCUT2D eigenvalue weighted by Gasteiger charge is -2.29. The quantitative estimate of drug-likeness (QED) is 0.791. The summed E-state index contributed by atoms with van der Waals surface area (Å²) in [6, 6.07) is 7.89. The van der Waals surface area contributed by atoms with E-state index in [1.54, 1.807) is 18.7 Å².